The Morgan fingerprint density at radius 1 is 1.07 bits per heavy atom. The lowest BCUT2D eigenvalue weighted by molar-refractivity contribution is 0.378. The summed E-state index contributed by atoms with van der Waals surface area (Å²) in [5.74, 6) is 1.49. The normalized spacial score (nSPS) is 11.5. The Labute approximate surface area is 167 Å². The van der Waals surface area contributed by atoms with Crippen molar-refractivity contribution in [2.75, 3.05) is 20.1 Å². The van der Waals surface area contributed by atoms with E-state index in [1.54, 1.807) is 31.3 Å². The molecule has 0 radical (unpaired) electrons. The Morgan fingerprint density at radius 2 is 1.79 bits per heavy atom. The summed E-state index contributed by atoms with van der Waals surface area (Å²) in [5, 5.41) is 11.0. The molecule has 0 spiro atoms. The molecule has 6 nitrogen and oxygen atoms in total. The van der Waals surface area contributed by atoms with E-state index >= 15 is 0 Å². The largest absolute Gasteiger partial charge is 0.356 e. The van der Waals surface area contributed by atoms with Crippen LogP contribution in [0.2, 0.25) is 5.02 Å². The SMILES string of the molecule is CN=C(NCCc1nc(-c2ccc(Cl)cc2)no1)NCCc1ccccc1F. The highest BCUT2D eigenvalue weighted by Gasteiger charge is 2.09. The molecular formula is C20H21ClFN5O. The highest BCUT2D eigenvalue weighted by atomic mass is 35.5. The number of hydrogen-bond acceptors (Lipinski definition) is 4. The van der Waals surface area contributed by atoms with Gasteiger partial charge in [-0.1, -0.05) is 35.0 Å². The fraction of sp³-hybridized carbons (Fsp3) is 0.250. The van der Waals surface area contributed by atoms with Crippen LogP contribution in [0.1, 0.15) is 11.5 Å². The summed E-state index contributed by atoms with van der Waals surface area (Å²) >= 11 is 5.89. The van der Waals surface area contributed by atoms with Gasteiger partial charge in [0.1, 0.15) is 5.82 Å². The average molecular weight is 402 g/mol. The van der Waals surface area contributed by atoms with E-state index in [9.17, 15) is 4.39 Å². The van der Waals surface area contributed by atoms with E-state index in [2.05, 4.69) is 25.8 Å². The van der Waals surface area contributed by atoms with Gasteiger partial charge in [-0.2, -0.15) is 4.98 Å². The van der Waals surface area contributed by atoms with Gasteiger partial charge >= 0.3 is 0 Å². The van der Waals surface area contributed by atoms with Crippen molar-refractivity contribution in [3.63, 3.8) is 0 Å². The van der Waals surface area contributed by atoms with Crippen LogP contribution in [0.3, 0.4) is 0 Å². The predicted octanol–water partition coefficient (Wildman–Crippen LogP) is 3.48. The lowest BCUT2D eigenvalue weighted by atomic mass is 10.1. The second-order valence-electron chi connectivity index (χ2n) is 6.04. The first kappa shape index (κ1) is 19.8. The number of halogens is 2. The quantitative estimate of drug-likeness (QED) is 0.468. The second-order valence-corrected chi connectivity index (χ2v) is 6.47. The molecular weight excluding hydrogens is 381 g/mol. The van der Waals surface area contributed by atoms with Gasteiger partial charge in [0.25, 0.3) is 0 Å². The molecule has 28 heavy (non-hydrogen) atoms. The number of nitrogens with zero attached hydrogens (tertiary/aromatic N) is 3. The van der Waals surface area contributed by atoms with Gasteiger partial charge in [-0.15, -0.1) is 0 Å². The van der Waals surface area contributed by atoms with Crippen LogP contribution >= 0.6 is 11.6 Å². The van der Waals surface area contributed by atoms with Crippen LogP contribution in [0.25, 0.3) is 11.4 Å². The zero-order chi connectivity index (χ0) is 19.8. The number of hydrogen-bond donors (Lipinski definition) is 2. The fourth-order valence-corrected chi connectivity index (χ4v) is 2.72. The number of benzene rings is 2. The topological polar surface area (TPSA) is 75.3 Å². The van der Waals surface area contributed by atoms with Crippen molar-refractivity contribution in [2.24, 2.45) is 4.99 Å². The lowest BCUT2D eigenvalue weighted by Crippen LogP contribution is -2.39. The van der Waals surface area contributed by atoms with Gasteiger partial charge < -0.3 is 15.2 Å². The fourth-order valence-electron chi connectivity index (χ4n) is 2.60. The first-order valence-electron chi connectivity index (χ1n) is 8.92. The van der Waals surface area contributed by atoms with E-state index in [1.165, 1.54) is 6.07 Å². The van der Waals surface area contributed by atoms with Crippen molar-refractivity contribution in [1.29, 1.82) is 0 Å². The summed E-state index contributed by atoms with van der Waals surface area (Å²) in [4.78, 5) is 8.54. The molecule has 0 fully saturated rings. The summed E-state index contributed by atoms with van der Waals surface area (Å²) in [6.07, 6.45) is 1.12. The summed E-state index contributed by atoms with van der Waals surface area (Å²) < 4.78 is 18.9. The molecule has 3 rings (SSSR count). The zero-order valence-electron chi connectivity index (χ0n) is 15.5. The van der Waals surface area contributed by atoms with E-state index < -0.39 is 0 Å². The van der Waals surface area contributed by atoms with Crippen LogP contribution in [-0.2, 0) is 12.8 Å². The first-order valence-corrected chi connectivity index (χ1v) is 9.30. The maximum atomic E-state index is 13.6. The van der Waals surface area contributed by atoms with Crippen LogP contribution in [-0.4, -0.2) is 36.2 Å². The van der Waals surface area contributed by atoms with Crippen LogP contribution < -0.4 is 10.6 Å². The smallest absolute Gasteiger partial charge is 0.228 e. The number of rotatable bonds is 7. The summed E-state index contributed by atoms with van der Waals surface area (Å²) in [6, 6.07) is 14.0. The standard InChI is InChI=1S/C20H21ClFN5O/c1-23-20(24-12-10-14-4-2-3-5-17(14)22)25-13-11-18-26-19(27-28-18)15-6-8-16(21)9-7-15/h2-9H,10-13H2,1H3,(H2,23,24,25). The molecule has 1 aromatic heterocycles. The molecule has 0 aliphatic carbocycles. The molecule has 0 aliphatic rings. The number of nitrogens with one attached hydrogen (secondary N) is 2. The minimum Gasteiger partial charge on any atom is -0.356 e. The third-order valence-electron chi connectivity index (χ3n) is 4.07. The van der Waals surface area contributed by atoms with Crippen molar-refractivity contribution in [3.05, 3.63) is 70.8 Å². The number of aromatic nitrogens is 2. The molecule has 0 saturated heterocycles. The van der Waals surface area contributed by atoms with E-state index in [4.69, 9.17) is 16.1 Å². The molecule has 0 atom stereocenters. The van der Waals surface area contributed by atoms with E-state index in [-0.39, 0.29) is 5.82 Å². The van der Waals surface area contributed by atoms with E-state index in [0.717, 1.165) is 5.56 Å². The second kappa shape index (κ2) is 9.85. The number of aliphatic imine (C=N–C) groups is 1. The highest BCUT2D eigenvalue weighted by molar-refractivity contribution is 6.30. The minimum absolute atomic E-state index is 0.194. The summed E-state index contributed by atoms with van der Waals surface area (Å²) in [5.41, 5.74) is 1.52. The van der Waals surface area contributed by atoms with E-state index in [0.29, 0.717) is 54.2 Å². The maximum absolute atomic E-state index is 13.6. The lowest BCUT2D eigenvalue weighted by Gasteiger charge is -2.11. The Kier molecular flexibility index (Phi) is 6.97. The Morgan fingerprint density at radius 3 is 2.50 bits per heavy atom. The average Bonchev–Trinajstić information content (AvgIpc) is 3.17. The van der Waals surface area contributed by atoms with Gasteiger partial charge in [0.2, 0.25) is 11.7 Å². The minimum atomic E-state index is -0.194. The summed E-state index contributed by atoms with van der Waals surface area (Å²) in [6.45, 7) is 1.14. The van der Waals surface area contributed by atoms with Crippen molar-refractivity contribution < 1.29 is 8.91 Å². The highest BCUT2D eigenvalue weighted by Crippen LogP contribution is 2.18. The Bertz CT molecular complexity index is 926. The monoisotopic (exact) mass is 401 g/mol. The van der Waals surface area contributed by atoms with Crippen LogP contribution in [0.4, 0.5) is 4.39 Å². The van der Waals surface area contributed by atoms with Gasteiger partial charge in [0.15, 0.2) is 5.96 Å². The first-order chi connectivity index (χ1) is 13.7. The molecule has 3 aromatic rings. The predicted molar refractivity (Wildman–Crippen MR) is 108 cm³/mol. The van der Waals surface area contributed by atoms with Crippen molar-refractivity contribution in [3.8, 4) is 11.4 Å². The molecule has 2 N–H and O–H groups in total. The third kappa shape index (κ3) is 5.53. The van der Waals surface area contributed by atoms with Crippen molar-refractivity contribution >= 4 is 17.6 Å². The molecule has 0 bridgehead atoms. The molecule has 0 aliphatic heterocycles. The van der Waals surface area contributed by atoms with Gasteiger partial charge in [-0.05, 0) is 42.3 Å². The van der Waals surface area contributed by atoms with E-state index in [1.807, 2.05) is 18.2 Å². The van der Waals surface area contributed by atoms with Crippen LogP contribution in [0.5, 0.6) is 0 Å². The van der Waals surface area contributed by atoms with Gasteiger partial charge in [-0.25, -0.2) is 4.39 Å². The Hall–Kier alpha value is -2.93. The Balaban J connectivity index is 1.43. The molecule has 1 heterocycles. The van der Waals surface area contributed by atoms with Crippen LogP contribution in [0.15, 0.2) is 58.0 Å². The van der Waals surface area contributed by atoms with Crippen molar-refractivity contribution in [1.82, 2.24) is 20.8 Å². The molecule has 0 saturated carbocycles. The van der Waals surface area contributed by atoms with Gasteiger partial charge in [0.05, 0.1) is 0 Å². The number of guanidine groups is 1. The zero-order valence-corrected chi connectivity index (χ0v) is 16.2. The van der Waals surface area contributed by atoms with Gasteiger partial charge in [0, 0.05) is 37.1 Å². The molecule has 8 heteroatoms. The van der Waals surface area contributed by atoms with Gasteiger partial charge in [-0.3, -0.25) is 4.99 Å². The van der Waals surface area contributed by atoms with Crippen LogP contribution in [0, 0.1) is 5.82 Å². The third-order valence-corrected chi connectivity index (χ3v) is 4.32. The van der Waals surface area contributed by atoms with Crippen molar-refractivity contribution in [2.45, 2.75) is 12.8 Å². The summed E-state index contributed by atoms with van der Waals surface area (Å²) in [7, 11) is 1.68. The maximum Gasteiger partial charge on any atom is 0.228 e. The molecule has 146 valence electrons. The molecule has 0 amide bonds. The molecule has 0 unspecified atom stereocenters. The molecule has 2 aromatic carbocycles.